The summed E-state index contributed by atoms with van der Waals surface area (Å²) in [4.78, 5) is 17.3. The second kappa shape index (κ2) is 8.82. The Kier molecular flexibility index (Phi) is 6.68. The largest absolute Gasteiger partial charge is 0.465 e. The molecule has 1 heterocycles. The van der Waals surface area contributed by atoms with Gasteiger partial charge in [-0.3, -0.25) is 4.79 Å². The summed E-state index contributed by atoms with van der Waals surface area (Å²) in [6.07, 6.45) is 6.52. The molecule has 0 bridgehead atoms. The first-order valence-electron chi connectivity index (χ1n) is 12.8. The zero-order valence-electron chi connectivity index (χ0n) is 21.3. The van der Waals surface area contributed by atoms with Crippen molar-refractivity contribution in [1.29, 1.82) is 0 Å². The lowest BCUT2D eigenvalue weighted by atomic mass is 9.49. The molecular formula is C28H42ClNO3. The van der Waals surface area contributed by atoms with Crippen molar-refractivity contribution in [2.24, 2.45) is 40.4 Å². The summed E-state index contributed by atoms with van der Waals surface area (Å²) in [5, 5.41) is 11.3. The van der Waals surface area contributed by atoms with Crippen LogP contribution in [0.4, 0.5) is 0 Å². The molecule has 2 fully saturated rings. The highest BCUT2D eigenvalue weighted by atomic mass is 35.5. The van der Waals surface area contributed by atoms with Gasteiger partial charge in [-0.15, -0.1) is 0 Å². The number of rotatable bonds is 4. The van der Waals surface area contributed by atoms with E-state index >= 15 is 0 Å². The highest BCUT2D eigenvalue weighted by Gasteiger charge is 2.57. The molecule has 7 atom stereocenters. The van der Waals surface area contributed by atoms with Crippen molar-refractivity contribution in [3.05, 3.63) is 28.5 Å². The normalized spacial score (nSPS) is 38.5. The number of ether oxygens (including phenoxy) is 1. The lowest BCUT2D eigenvalue weighted by Crippen LogP contribution is -2.53. The lowest BCUT2D eigenvalue weighted by molar-refractivity contribution is -0.160. The van der Waals surface area contributed by atoms with Crippen molar-refractivity contribution < 1.29 is 14.6 Å². The first-order valence-corrected chi connectivity index (χ1v) is 13.2. The van der Waals surface area contributed by atoms with E-state index in [9.17, 15) is 9.90 Å². The van der Waals surface area contributed by atoms with Crippen molar-refractivity contribution in [1.82, 2.24) is 4.98 Å². The maximum atomic E-state index is 12.6. The highest BCUT2D eigenvalue weighted by Crippen LogP contribution is 2.61. The molecule has 4 rings (SSSR count). The number of hydrogen-bond acceptors (Lipinski definition) is 4. The van der Waals surface area contributed by atoms with E-state index in [1.165, 1.54) is 12.0 Å². The van der Waals surface area contributed by atoms with Gasteiger partial charge in [0.2, 0.25) is 0 Å². The maximum Gasteiger partial charge on any atom is 0.311 e. The van der Waals surface area contributed by atoms with E-state index in [1.54, 1.807) is 0 Å². The van der Waals surface area contributed by atoms with Gasteiger partial charge in [-0.2, -0.15) is 0 Å². The van der Waals surface area contributed by atoms with Crippen molar-refractivity contribution in [3.8, 4) is 0 Å². The third-order valence-electron chi connectivity index (χ3n) is 9.63. The molecule has 0 saturated heterocycles. The van der Waals surface area contributed by atoms with E-state index in [-0.39, 0.29) is 29.3 Å². The van der Waals surface area contributed by atoms with Crippen LogP contribution in [-0.4, -0.2) is 29.3 Å². The fourth-order valence-corrected chi connectivity index (χ4v) is 7.63. The average molecular weight is 476 g/mol. The van der Waals surface area contributed by atoms with Crippen LogP contribution in [0.2, 0.25) is 5.15 Å². The minimum absolute atomic E-state index is 0.0311. The second-order valence-corrected chi connectivity index (χ2v) is 13.2. The molecule has 5 heteroatoms. The van der Waals surface area contributed by atoms with Crippen LogP contribution in [0, 0.1) is 40.4 Å². The average Bonchev–Trinajstić information content (AvgIpc) is 3.04. The van der Waals surface area contributed by atoms with Crippen LogP contribution in [0.1, 0.15) is 84.9 Å². The summed E-state index contributed by atoms with van der Waals surface area (Å²) in [5.74, 6) is 1.85. The maximum absolute atomic E-state index is 12.6. The second-order valence-electron chi connectivity index (χ2n) is 12.8. The zero-order chi connectivity index (χ0) is 24.2. The Morgan fingerprint density at radius 3 is 2.61 bits per heavy atom. The Morgan fingerprint density at radius 2 is 1.94 bits per heavy atom. The van der Waals surface area contributed by atoms with Crippen LogP contribution in [0.25, 0.3) is 0 Å². The number of hydrogen-bond donors (Lipinski definition) is 1. The Hall–Kier alpha value is -1.13. The molecule has 4 nitrogen and oxygen atoms in total. The monoisotopic (exact) mass is 475 g/mol. The fourth-order valence-electron chi connectivity index (χ4n) is 7.49. The predicted molar refractivity (Wildman–Crippen MR) is 132 cm³/mol. The first-order chi connectivity index (χ1) is 15.4. The number of carbonyl (C=O) groups is 1. The van der Waals surface area contributed by atoms with Gasteiger partial charge in [0.15, 0.2) is 0 Å². The van der Waals surface area contributed by atoms with Crippen molar-refractivity contribution in [2.75, 3.05) is 13.2 Å². The molecule has 0 radical (unpaired) electrons. The summed E-state index contributed by atoms with van der Waals surface area (Å²) in [5.41, 5.74) is 1.98. The summed E-state index contributed by atoms with van der Waals surface area (Å²) in [6, 6.07) is 4.03. The van der Waals surface area contributed by atoms with Crippen LogP contribution < -0.4 is 0 Å². The lowest BCUT2D eigenvalue weighted by Gasteiger charge is -2.56. The number of nitrogens with zero attached hydrogens (tertiary/aromatic N) is 1. The molecule has 1 aromatic heterocycles. The smallest absolute Gasteiger partial charge is 0.311 e. The molecule has 0 unspecified atom stereocenters. The molecule has 1 aromatic rings. The summed E-state index contributed by atoms with van der Waals surface area (Å²) >= 11 is 6.28. The van der Waals surface area contributed by atoms with E-state index in [1.807, 2.05) is 26.8 Å². The molecular weight excluding hydrogens is 434 g/mol. The van der Waals surface area contributed by atoms with Gasteiger partial charge in [0.05, 0.1) is 17.7 Å². The topological polar surface area (TPSA) is 59.4 Å². The van der Waals surface area contributed by atoms with Gasteiger partial charge in [0, 0.05) is 12.0 Å². The molecule has 33 heavy (non-hydrogen) atoms. The summed E-state index contributed by atoms with van der Waals surface area (Å²) in [6.45, 7) is 13.5. The van der Waals surface area contributed by atoms with E-state index in [0.29, 0.717) is 35.4 Å². The van der Waals surface area contributed by atoms with Crippen molar-refractivity contribution in [3.63, 3.8) is 0 Å². The van der Waals surface area contributed by atoms with Crippen LogP contribution in [0.3, 0.4) is 0 Å². The molecule has 3 aliphatic rings. The minimum Gasteiger partial charge on any atom is -0.465 e. The first kappa shape index (κ1) is 25.0. The van der Waals surface area contributed by atoms with Gasteiger partial charge in [0.1, 0.15) is 5.15 Å². The Balaban J connectivity index is 1.61. The van der Waals surface area contributed by atoms with Crippen LogP contribution in [0.15, 0.2) is 12.1 Å². The predicted octanol–water partition coefficient (Wildman–Crippen LogP) is 6.22. The number of halogens is 1. The van der Waals surface area contributed by atoms with Crippen LogP contribution in [0.5, 0.6) is 0 Å². The number of aromatic nitrogens is 1. The van der Waals surface area contributed by atoms with Crippen LogP contribution in [-0.2, 0) is 21.4 Å². The highest BCUT2D eigenvalue weighted by molar-refractivity contribution is 6.29. The van der Waals surface area contributed by atoms with E-state index in [2.05, 4.69) is 26.8 Å². The van der Waals surface area contributed by atoms with Gasteiger partial charge in [-0.05, 0) is 99.5 Å². The molecule has 184 valence electrons. The number of aliphatic hydroxyl groups excluding tert-OH is 1. The van der Waals surface area contributed by atoms with E-state index < -0.39 is 5.41 Å². The Morgan fingerprint density at radius 1 is 1.21 bits per heavy atom. The van der Waals surface area contributed by atoms with Gasteiger partial charge in [0.25, 0.3) is 0 Å². The zero-order valence-corrected chi connectivity index (χ0v) is 22.0. The third-order valence-corrected chi connectivity index (χ3v) is 9.84. The standard InChI is InChI=1S/C28H42ClNO3/c1-17-9-11-27(5,19(13-17)16-33-25(32)26(2,3)4)21-10-12-28(6)22(20(21)15-31)14-18-7-8-23(29)30-24(18)28/h7-8,17,19-22,31H,9-16H2,1-6H3/t17-,19+,20+,21-,22-,27-,28-/m0/s1. The number of esters is 1. The molecule has 0 amide bonds. The van der Waals surface area contributed by atoms with Gasteiger partial charge in [-0.25, -0.2) is 4.98 Å². The quantitative estimate of drug-likeness (QED) is 0.415. The minimum atomic E-state index is -0.485. The molecule has 2 saturated carbocycles. The van der Waals surface area contributed by atoms with Gasteiger partial charge in [-0.1, -0.05) is 44.9 Å². The third kappa shape index (κ3) is 4.35. The SMILES string of the molecule is C[C@H]1CC[C@](C)([C@H]2CC[C@]3(C)c4nc(Cl)ccc4C[C@H]3[C@@H]2CO)[C@@H](COC(=O)C(C)(C)C)C1. The van der Waals surface area contributed by atoms with Crippen molar-refractivity contribution in [2.45, 2.75) is 85.5 Å². The number of pyridine rings is 1. The van der Waals surface area contributed by atoms with Gasteiger partial charge < -0.3 is 9.84 Å². The molecule has 1 N–H and O–H groups in total. The summed E-state index contributed by atoms with van der Waals surface area (Å²) in [7, 11) is 0. The van der Waals surface area contributed by atoms with Crippen molar-refractivity contribution >= 4 is 17.6 Å². The molecule has 0 aliphatic heterocycles. The van der Waals surface area contributed by atoms with Crippen LogP contribution >= 0.6 is 11.6 Å². The molecule has 0 aromatic carbocycles. The van der Waals surface area contributed by atoms with E-state index in [0.717, 1.165) is 37.8 Å². The number of carbonyl (C=O) groups excluding carboxylic acids is 1. The molecule has 0 spiro atoms. The Bertz CT molecular complexity index is 896. The molecule has 3 aliphatic carbocycles. The Labute approximate surface area is 204 Å². The summed E-state index contributed by atoms with van der Waals surface area (Å²) < 4.78 is 5.89. The van der Waals surface area contributed by atoms with Gasteiger partial charge >= 0.3 is 5.97 Å². The number of fused-ring (bicyclic) bond motifs is 3. The van der Waals surface area contributed by atoms with E-state index in [4.69, 9.17) is 21.3 Å². The number of aliphatic hydroxyl groups is 1. The fraction of sp³-hybridized carbons (Fsp3) is 0.786.